The van der Waals surface area contributed by atoms with Crippen LogP contribution in [0.15, 0.2) is 39.1 Å². The lowest BCUT2D eigenvalue weighted by Crippen LogP contribution is -2.37. The number of nitrogens with zero attached hydrogens (tertiary/aromatic N) is 2. The minimum absolute atomic E-state index is 0. The first-order chi connectivity index (χ1) is 10.2. The van der Waals surface area contributed by atoms with E-state index in [0.29, 0.717) is 0 Å². The van der Waals surface area contributed by atoms with Crippen LogP contribution in [0, 0.1) is 6.92 Å². The Balaban J connectivity index is 0.00000242. The Morgan fingerprint density at radius 3 is 2.82 bits per heavy atom. The van der Waals surface area contributed by atoms with Crippen LogP contribution in [0.1, 0.15) is 16.3 Å². The average Bonchev–Trinajstić information content (AvgIpc) is 2.88. The fourth-order valence-corrected chi connectivity index (χ4v) is 2.98. The maximum atomic E-state index is 4.45. The number of aromatic nitrogens is 1. The summed E-state index contributed by atoms with van der Waals surface area (Å²) in [4.78, 5) is 8.68. The quantitative estimate of drug-likeness (QED) is 0.378. The van der Waals surface area contributed by atoms with Crippen LogP contribution in [-0.4, -0.2) is 24.5 Å². The van der Waals surface area contributed by atoms with Gasteiger partial charge in [-0.05, 0) is 24.6 Å². The molecule has 1 aromatic heterocycles. The van der Waals surface area contributed by atoms with Gasteiger partial charge >= 0.3 is 0 Å². The van der Waals surface area contributed by atoms with Crippen molar-refractivity contribution in [1.29, 1.82) is 0 Å². The molecule has 2 rings (SSSR count). The van der Waals surface area contributed by atoms with Crippen LogP contribution < -0.4 is 10.6 Å². The van der Waals surface area contributed by atoms with Crippen molar-refractivity contribution < 1.29 is 0 Å². The van der Waals surface area contributed by atoms with E-state index in [2.05, 4.69) is 54.1 Å². The zero-order valence-corrected chi connectivity index (χ0v) is 17.3. The molecule has 7 heteroatoms. The summed E-state index contributed by atoms with van der Waals surface area (Å²) in [7, 11) is 1.78. The van der Waals surface area contributed by atoms with Gasteiger partial charge in [-0.3, -0.25) is 4.99 Å². The molecule has 0 saturated heterocycles. The molecule has 0 spiro atoms. The molecule has 120 valence electrons. The number of aryl methyl sites for hydroxylation is 1. The van der Waals surface area contributed by atoms with Gasteiger partial charge in [0.25, 0.3) is 0 Å². The Kier molecular flexibility index (Phi) is 8.96. The van der Waals surface area contributed by atoms with E-state index in [-0.39, 0.29) is 24.0 Å². The Bertz CT molecular complexity index is 615. The van der Waals surface area contributed by atoms with Gasteiger partial charge in [-0.15, -0.1) is 35.3 Å². The van der Waals surface area contributed by atoms with E-state index in [1.165, 1.54) is 5.56 Å². The molecule has 4 nitrogen and oxygen atoms in total. The van der Waals surface area contributed by atoms with Gasteiger partial charge in [0.15, 0.2) is 5.96 Å². The molecule has 1 heterocycles. The van der Waals surface area contributed by atoms with Gasteiger partial charge in [0.05, 0.1) is 10.7 Å². The van der Waals surface area contributed by atoms with Crippen molar-refractivity contribution in [3.63, 3.8) is 0 Å². The topological polar surface area (TPSA) is 49.3 Å². The smallest absolute Gasteiger partial charge is 0.191 e. The minimum atomic E-state index is 0. The predicted molar refractivity (Wildman–Crippen MR) is 108 cm³/mol. The van der Waals surface area contributed by atoms with Crippen molar-refractivity contribution in [3.8, 4) is 0 Å². The molecule has 1 aromatic carbocycles. The molecular weight excluding hydrogens is 475 g/mol. The standard InChI is InChI=1S/C15H19BrN4S.HI/c1-11-20-14(10-21-11)6-7-18-15(17-2)19-9-12-4-3-5-13(16)8-12;/h3-5,8,10H,6-7,9H2,1-2H3,(H2,17,18,19);1H. The summed E-state index contributed by atoms with van der Waals surface area (Å²) >= 11 is 5.17. The third-order valence-electron chi connectivity index (χ3n) is 2.91. The minimum Gasteiger partial charge on any atom is -0.356 e. The van der Waals surface area contributed by atoms with Gasteiger partial charge in [0.1, 0.15) is 0 Å². The maximum Gasteiger partial charge on any atom is 0.191 e. The highest BCUT2D eigenvalue weighted by Crippen LogP contribution is 2.11. The average molecular weight is 495 g/mol. The second-order valence-corrected chi connectivity index (χ2v) is 6.57. The van der Waals surface area contributed by atoms with Crippen molar-refractivity contribution in [3.05, 3.63) is 50.4 Å². The normalized spacial score (nSPS) is 11.0. The molecule has 0 atom stereocenters. The molecule has 0 aliphatic carbocycles. The number of hydrogen-bond donors (Lipinski definition) is 2. The van der Waals surface area contributed by atoms with Crippen LogP contribution in [0.3, 0.4) is 0 Å². The molecular formula is C15H20BrIN4S. The Morgan fingerprint density at radius 1 is 1.36 bits per heavy atom. The van der Waals surface area contributed by atoms with Gasteiger partial charge in [-0.1, -0.05) is 28.1 Å². The highest BCUT2D eigenvalue weighted by Gasteiger charge is 2.01. The molecule has 0 fully saturated rings. The second kappa shape index (κ2) is 10.2. The van der Waals surface area contributed by atoms with Crippen LogP contribution in [0.4, 0.5) is 0 Å². The van der Waals surface area contributed by atoms with Crippen LogP contribution in [0.5, 0.6) is 0 Å². The molecule has 0 unspecified atom stereocenters. The van der Waals surface area contributed by atoms with E-state index in [1.807, 2.05) is 19.1 Å². The second-order valence-electron chi connectivity index (χ2n) is 4.59. The fourth-order valence-electron chi connectivity index (χ4n) is 1.89. The van der Waals surface area contributed by atoms with Crippen molar-refractivity contribution in [1.82, 2.24) is 15.6 Å². The number of thiazole rings is 1. The van der Waals surface area contributed by atoms with Crippen molar-refractivity contribution >= 4 is 57.2 Å². The summed E-state index contributed by atoms with van der Waals surface area (Å²) in [5.41, 5.74) is 2.34. The monoisotopic (exact) mass is 494 g/mol. The molecule has 0 saturated carbocycles. The lowest BCUT2D eigenvalue weighted by Gasteiger charge is -2.11. The summed E-state index contributed by atoms with van der Waals surface area (Å²) in [5.74, 6) is 0.807. The van der Waals surface area contributed by atoms with E-state index in [1.54, 1.807) is 18.4 Å². The summed E-state index contributed by atoms with van der Waals surface area (Å²) in [6.45, 7) is 3.59. The highest BCUT2D eigenvalue weighted by atomic mass is 127. The van der Waals surface area contributed by atoms with E-state index in [9.17, 15) is 0 Å². The third kappa shape index (κ3) is 6.62. The van der Waals surface area contributed by atoms with Crippen molar-refractivity contribution in [2.45, 2.75) is 19.9 Å². The molecule has 2 N–H and O–H groups in total. The lowest BCUT2D eigenvalue weighted by atomic mass is 10.2. The molecule has 0 aliphatic heterocycles. The Morgan fingerprint density at radius 2 is 2.18 bits per heavy atom. The number of nitrogens with one attached hydrogen (secondary N) is 2. The van der Waals surface area contributed by atoms with Crippen molar-refractivity contribution in [2.24, 2.45) is 4.99 Å². The number of rotatable bonds is 5. The van der Waals surface area contributed by atoms with Crippen LogP contribution in [0.25, 0.3) is 0 Å². The Hall–Kier alpha value is -0.670. The first kappa shape index (κ1) is 19.4. The number of aliphatic imine (C=N–C) groups is 1. The van der Waals surface area contributed by atoms with E-state index >= 15 is 0 Å². The molecule has 2 aromatic rings. The van der Waals surface area contributed by atoms with Gasteiger partial charge in [-0.25, -0.2) is 4.98 Å². The fraction of sp³-hybridized carbons (Fsp3) is 0.333. The largest absolute Gasteiger partial charge is 0.356 e. The molecule has 0 bridgehead atoms. The number of hydrogen-bond acceptors (Lipinski definition) is 3. The summed E-state index contributed by atoms with van der Waals surface area (Å²) < 4.78 is 1.09. The van der Waals surface area contributed by atoms with E-state index in [0.717, 1.165) is 40.6 Å². The van der Waals surface area contributed by atoms with Crippen LogP contribution in [0.2, 0.25) is 0 Å². The molecule has 0 radical (unpaired) electrons. The Labute approximate surface area is 161 Å². The highest BCUT2D eigenvalue weighted by molar-refractivity contribution is 14.0. The van der Waals surface area contributed by atoms with Gasteiger partial charge in [0, 0.05) is 36.4 Å². The van der Waals surface area contributed by atoms with Crippen molar-refractivity contribution in [2.75, 3.05) is 13.6 Å². The lowest BCUT2D eigenvalue weighted by molar-refractivity contribution is 0.786. The molecule has 22 heavy (non-hydrogen) atoms. The first-order valence-corrected chi connectivity index (χ1v) is 8.44. The van der Waals surface area contributed by atoms with E-state index in [4.69, 9.17) is 0 Å². The third-order valence-corrected chi connectivity index (χ3v) is 4.23. The van der Waals surface area contributed by atoms with E-state index < -0.39 is 0 Å². The van der Waals surface area contributed by atoms with Gasteiger partial charge < -0.3 is 10.6 Å². The maximum absolute atomic E-state index is 4.45. The SMILES string of the molecule is CN=C(NCCc1csc(C)n1)NCc1cccc(Br)c1.I. The van der Waals surface area contributed by atoms with Gasteiger partial charge in [-0.2, -0.15) is 0 Å². The summed E-state index contributed by atoms with van der Waals surface area (Å²) in [5, 5.41) is 9.83. The summed E-state index contributed by atoms with van der Waals surface area (Å²) in [6.07, 6.45) is 0.905. The van der Waals surface area contributed by atoms with Gasteiger partial charge in [0.2, 0.25) is 0 Å². The number of halogens is 2. The molecule has 0 aliphatic rings. The first-order valence-electron chi connectivity index (χ1n) is 6.77. The zero-order chi connectivity index (χ0) is 15.1. The number of guanidine groups is 1. The van der Waals surface area contributed by atoms with Crippen LogP contribution >= 0.6 is 51.2 Å². The zero-order valence-electron chi connectivity index (χ0n) is 12.6. The predicted octanol–water partition coefficient (Wildman–Crippen LogP) is 3.74. The van der Waals surface area contributed by atoms with Crippen LogP contribution in [-0.2, 0) is 13.0 Å². The summed E-state index contributed by atoms with van der Waals surface area (Å²) in [6, 6.07) is 8.23. The number of benzene rings is 1. The molecule has 0 amide bonds.